The third-order valence-electron chi connectivity index (χ3n) is 4.17. The van der Waals surface area contributed by atoms with E-state index in [0.29, 0.717) is 25.7 Å². The van der Waals surface area contributed by atoms with E-state index >= 15 is 0 Å². The Labute approximate surface area is 75.5 Å². The minimum absolute atomic E-state index is 0.0119. The Kier molecular flexibility index (Phi) is 1.29. The van der Waals surface area contributed by atoms with Crippen molar-refractivity contribution < 1.29 is 13.6 Å². The Morgan fingerprint density at radius 1 is 1.00 bits per heavy atom. The summed E-state index contributed by atoms with van der Waals surface area (Å²) in [7, 11) is 0. The van der Waals surface area contributed by atoms with Crippen LogP contribution in [0.5, 0.6) is 0 Å². The largest absolute Gasteiger partial charge is 0.299 e. The van der Waals surface area contributed by atoms with Crippen molar-refractivity contribution in [1.82, 2.24) is 0 Å². The monoisotopic (exact) mass is 186 g/mol. The minimum atomic E-state index is -2.46. The average Bonchev–Trinajstić information content (AvgIpc) is 2.00. The van der Waals surface area contributed by atoms with Gasteiger partial charge >= 0.3 is 0 Å². The molecule has 3 heteroatoms. The molecule has 4 rings (SSSR count). The van der Waals surface area contributed by atoms with Crippen LogP contribution in [0.2, 0.25) is 0 Å². The number of ketones is 1. The number of alkyl halides is 2. The first-order valence-electron chi connectivity index (χ1n) is 5.00. The molecule has 0 aromatic heterocycles. The third kappa shape index (κ3) is 0.830. The van der Waals surface area contributed by atoms with Crippen molar-refractivity contribution in [3.8, 4) is 0 Å². The summed E-state index contributed by atoms with van der Waals surface area (Å²) >= 11 is 0. The molecule has 0 aromatic carbocycles. The molecule has 4 bridgehead atoms. The summed E-state index contributed by atoms with van der Waals surface area (Å²) in [5.41, 5.74) is 0. The van der Waals surface area contributed by atoms with Crippen molar-refractivity contribution in [3.05, 3.63) is 0 Å². The summed E-state index contributed by atoms with van der Waals surface area (Å²) in [6.07, 6.45) is 1.83. The van der Waals surface area contributed by atoms with Gasteiger partial charge in [-0.3, -0.25) is 4.79 Å². The van der Waals surface area contributed by atoms with E-state index in [0.717, 1.165) is 0 Å². The molecule has 4 fully saturated rings. The lowest BCUT2D eigenvalue weighted by molar-refractivity contribution is -0.200. The Hall–Kier alpha value is -0.470. The maximum absolute atomic E-state index is 13.5. The van der Waals surface area contributed by atoms with Crippen LogP contribution in [0, 0.1) is 23.7 Å². The molecule has 13 heavy (non-hydrogen) atoms. The fourth-order valence-electron chi connectivity index (χ4n) is 3.52. The summed E-state index contributed by atoms with van der Waals surface area (Å²) in [5, 5.41) is 0. The standard InChI is InChI=1S/C10H12F2O/c11-10(12)7-1-5-2-8(10)4-6(3-7)9(5)13/h5-8H,1-4H2. The van der Waals surface area contributed by atoms with Crippen LogP contribution in [0.25, 0.3) is 0 Å². The van der Waals surface area contributed by atoms with Gasteiger partial charge in [0.2, 0.25) is 0 Å². The van der Waals surface area contributed by atoms with Crippen LogP contribution in [0.3, 0.4) is 0 Å². The molecule has 1 nitrogen and oxygen atoms in total. The number of hydrogen-bond donors (Lipinski definition) is 0. The van der Waals surface area contributed by atoms with Gasteiger partial charge in [-0.2, -0.15) is 0 Å². The predicted molar refractivity (Wildman–Crippen MR) is 42.4 cm³/mol. The molecule has 0 spiro atoms. The van der Waals surface area contributed by atoms with Crippen LogP contribution in [-0.4, -0.2) is 11.7 Å². The molecule has 0 radical (unpaired) electrons. The molecule has 0 heterocycles. The minimum Gasteiger partial charge on any atom is -0.299 e. The lowest BCUT2D eigenvalue weighted by Gasteiger charge is -2.52. The second-order valence-corrected chi connectivity index (χ2v) is 4.81. The molecule has 0 saturated heterocycles. The van der Waals surface area contributed by atoms with E-state index < -0.39 is 17.8 Å². The number of rotatable bonds is 0. The van der Waals surface area contributed by atoms with Gasteiger partial charge < -0.3 is 0 Å². The van der Waals surface area contributed by atoms with Gasteiger partial charge in [0.05, 0.1) is 0 Å². The van der Waals surface area contributed by atoms with Crippen LogP contribution >= 0.6 is 0 Å². The van der Waals surface area contributed by atoms with Crippen LogP contribution in [0.4, 0.5) is 8.78 Å². The van der Waals surface area contributed by atoms with Crippen molar-refractivity contribution in [2.24, 2.45) is 23.7 Å². The van der Waals surface area contributed by atoms with Gasteiger partial charge in [0.1, 0.15) is 5.78 Å². The van der Waals surface area contributed by atoms with Gasteiger partial charge in [0, 0.05) is 23.7 Å². The summed E-state index contributed by atoms with van der Waals surface area (Å²) < 4.78 is 27.0. The summed E-state index contributed by atoms with van der Waals surface area (Å²) in [6.45, 7) is 0. The van der Waals surface area contributed by atoms with Gasteiger partial charge in [0.15, 0.2) is 0 Å². The van der Waals surface area contributed by atoms with E-state index in [9.17, 15) is 13.6 Å². The third-order valence-corrected chi connectivity index (χ3v) is 4.17. The zero-order valence-corrected chi connectivity index (χ0v) is 7.30. The molecule has 4 aliphatic rings. The maximum Gasteiger partial charge on any atom is 0.253 e. The molecule has 0 N–H and O–H groups in total. The Bertz CT molecular complexity index is 238. The van der Waals surface area contributed by atoms with E-state index in [1.807, 2.05) is 0 Å². The highest BCUT2D eigenvalue weighted by atomic mass is 19.3. The molecule has 4 saturated carbocycles. The quantitative estimate of drug-likeness (QED) is 0.567. The summed E-state index contributed by atoms with van der Waals surface area (Å²) in [6, 6.07) is 0. The van der Waals surface area contributed by atoms with Crippen LogP contribution < -0.4 is 0 Å². The van der Waals surface area contributed by atoms with Crippen LogP contribution in [-0.2, 0) is 4.79 Å². The van der Waals surface area contributed by atoms with Crippen molar-refractivity contribution in [3.63, 3.8) is 0 Å². The second kappa shape index (κ2) is 2.12. The first-order chi connectivity index (χ1) is 6.09. The van der Waals surface area contributed by atoms with Gasteiger partial charge in [-0.25, -0.2) is 8.78 Å². The fraction of sp³-hybridized carbons (Fsp3) is 0.900. The van der Waals surface area contributed by atoms with E-state index in [1.54, 1.807) is 0 Å². The van der Waals surface area contributed by atoms with Crippen LogP contribution in [0.1, 0.15) is 25.7 Å². The van der Waals surface area contributed by atoms with E-state index in [4.69, 9.17) is 0 Å². The average molecular weight is 186 g/mol. The lowest BCUT2D eigenvalue weighted by Crippen LogP contribution is -2.56. The molecule has 0 aliphatic heterocycles. The number of carbonyl (C=O) groups excluding carboxylic acids is 1. The predicted octanol–water partition coefficient (Wildman–Crippen LogP) is 2.26. The highest BCUT2D eigenvalue weighted by Crippen LogP contribution is 2.58. The van der Waals surface area contributed by atoms with E-state index in [1.165, 1.54) is 0 Å². The smallest absolute Gasteiger partial charge is 0.253 e. The molecule has 0 amide bonds. The molecule has 0 atom stereocenters. The fourth-order valence-corrected chi connectivity index (χ4v) is 3.52. The molecular weight excluding hydrogens is 174 g/mol. The Balaban J connectivity index is 1.99. The zero-order valence-electron chi connectivity index (χ0n) is 7.30. The molecule has 72 valence electrons. The van der Waals surface area contributed by atoms with Crippen molar-refractivity contribution in [2.75, 3.05) is 0 Å². The number of halogens is 2. The molecular formula is C10H12F2O. The van der Waals surface area contributed by atoms with Gasteiger partial charge in [-0.1, -0.05) is 0 Å². The van der Waals surface area contributed by atoms with Crippen LogP contribution in [0.15, 0.2) is 0 Å². The SMILES string of the molecule is O=C1C2CC3CC1CC(C2)C3(F)F. The van der Waals surface area contributed by atoms with Crippen molar-refractivity contribution in [2.45, 2.75) is 31.6 Å². The summed E-state index contributed by atoms with van der Waals surface area (Å²) in [5.74, 6) is -3.17. The first kappa shape index (κ1) is 7.89. The highest BCUT2D eigenvalue weighted by Gasteiger charge is 2.61. The molecule has 0 aromatic rings. The van der Waals surface area contributed by atoms with E-state index in [2.05, 4.69) is 0 Å². The van der Waals surface area contributed by atoms with Gasteiger partial charge in [-0.05, 0) is 25.7 Å². The summed E-state index contributed by atoms with van der Waals surface area (Å²) in [4.78, 5) is 11.5. The number of hydrogen-bond acceptors (Lipinski definition) is 1. The maximum atomic E-state index is 13.5. The van der Waals surface area contributed by atoms with E-state index in [-0.39, 0.29) is 17.6 Å². The molecule has 0 unspecified atom stereocenters. The first-order valence-corrected chi connectivity index (χ1v) is 5.00. The number of Topliss-reactive ketones (excluding diaryl/α,β-unsaturated/α-hetero) is 1. The zero-order chi connectivity index (χ0) is 9.22. The number of carbonyl (C=O) groups is 1. The lowest BCUT2D eigenvalue weighted by atomic mass is 9.54. The molecule has 4 aliphatic carbocycles. The Morgan fingerprint density at radius 3 is 1.77 bits per heavy atom. The normalized spacial score (nSPS) is 51.4. The Morgan fingerprint density at radius 2 is 1.38 bits per heavy atom. The van der Waals surface area contributed by atoms with Crippen molar-refractivity contribution >= 4 is 5.78 Å². The second-order valence-electron chi connectivity index (χ2n) is 4.81. The van der Waals surface area contributed by atoms with Gasteiger partial charge in [0.25, 0.3) is 5.92 Å². The topological polar surface area (TPSA) is 17.1 Å². The van der Waals surface area contributed by atoms with Crippen molar-refractivity contribution in [1.29, 1.82) is 0 Å². The highest BCUT2D eigenvalue weighted by molar-refractivity contribution is 5.85. The van der Waals surface area contributed by atoms with Gasteiger partial charge in [-0.15, -0.1) is 0 Å².